The number of aryl methyl sites for hydroxylation is 1. The van der Waals surface area contributed by atoms with E-state index in [9.17, 15) is 9.59 Å². The molecule has 3 heterocycles. The molecule has 4 rings (SSSR count). The second-order valence-corrected chi connectivity index (χ2v) is 8.92. The van der Waals surface area contributed by atoms with Crippen LogP contribution < -0.4 is 10.9 Å². The predicted molar refractivity (Wildman–Crippen MR) is 110 cm³/mol. The Hall–Kier alpha value is -2.28. The maximum Gasteiger partial charge on any atom is 0.257 e. The van der Waals surface area contributed by atoms with E-state index < -0.39 is 5.92 Å². The SMILES string of the molecule is Cc1ccc([C@H]2C3=C(CCCC3=O)Nc3nc(SCCC(C)C)[nH]c(=O)c32)o1. The number of ketones is 1. The maximum absolute atomic E-state index is 13.0. The number of allylic oxidation sites excluding steroid dienone is 2. The van der Waals surface area contributed by atoms with E-state index in [0.717, 1.165) is 36.5 Å². The Morgan fingerprint density at radius 1 is 1.29 bits per heavy atom. The highest BCUT2D eigenvalue weighted by Crippen LogP contribution is 2.43. The summed E-state index contributed by atoms with van der Waals surface area (Å²) >= 11 is 1.55. The summed E-state index contributed by atoms with van der Waals surface area (Å²) in [6.07, 6.45) is 3.14. The Morgan fingerprint density at radius 2 is 2.11 bits per heavy atom. The molecule has 0 spiro atoms. The number of Topliss-reactive ketones (excluding diaryl/α,β-unsaturated/α-hetero) is 1. The van der Waals surface area contributed by atoms with Gasteiger partial charge in [-0.05, 0) is 44.2 Å². The van der Waals surface area contributed by atoms with Crippen molar-refractivity contribution in [3.05, 3.63) is 50.8 Å². The van der Waals surface area contributed by atoms with Gasteiger partial charge in [0, 0.05) is 23.4 Å². The summed E-state index contributed by atoms with van der Waals surface area (Å²) in [5.41, 5.74) is 1.78. The first-order chi connectivity index (χ1) is 13.4. The van der Waals surface area contributed by atoms with Crippen LogP contribution in [0.15, 0.2) is 37.8 Å². The molecule has 0 aromatic carbocycles. The number of aromatic amines is 1. The third-order valence-electron chi connectivity index (χ3n) is 5.22. The van der Waals surface area contributed by atoms with Gasteiger partial charge in [0.05, 0.1) is 11.5 Å². The minimum absolute atomic E-state index is 0.0771. The molecule has 2 aromatic heterocycles. The Morgan fingerprint density at radius 3 is 2.82 bits per heavy atom. The number of hydrogen-bond acceptors (Lipinski definition) is 6. The second-order valence-electron chi connectivity index (χ2n) is 7.84. The fourth-order valence-corrected chi connectivity index (χ4v) is 4.90. The summed E-state index contributed by atoms with van der Waals surface area (Å²) in [5, 5.41) is 3.90. The highest BCUT2D eigenvalue weighted by atomic mass is 32.2. The molecule has 7 heteroatoms. The van der Waals surface area contributed by atoms with Gasteiger partial charge in [0.25, 0.3) is 5.56 Å². The molecule has 0 saturated carbocycles. The molecule has 0 unspecified atom stereocenters. The lowest BCUT2D eigenvalue weighted by atomic mass is 9.79. The molecule has 0 saturated heterocycles. The van der Waals surface area contributed by atoms with Gasteiger partial charge in [-0.2, -0.15) is 0 Å². The number of anilines is 1. The van der Waals surface area contributed by atoms with E-state index in [2.05, 4.69) is 29.1 Å². The third-order valence-corrected chi connectivity index (χ3v) is 6.12. The molecule has 2 N–H and O–H groups in total. The first-order valence-electron chi connectivity index (χ1n) is 9.80. The Labute approximate surface area is 168 Å². The smallest absolute Gasteiger partial charge is 0.257 e. The summed E-state index contributed by atoms with van der Waals surface area (Å²) in [6, 6.07) is 3.72. The number of fused-ring (bicyclic) bond motifs is 1. The van der Waals surface area contributed by atoms with Crippen LogP contribution in [0, 0.1) is 12.8 Å². The quantitative estimate of drug-likeness (QED) is 0.573. The number of carbonyl (C=O) groups is 1. The van der Waals surface area contributed by atoms with Crippen LogP contribution >= 0.6 is 11.8 Å². The van der Waals surface area contributed by atoms with Crippen molar-refractivity contribution in [2.24, 2.45) is 5.92 Å². The van der Waals surface area contributed by atoms with E-state index in [4.69, 9.17) is 4.42 Å². The second kappa shape index (κ2) is 7.62. The van der Waals surface area contributed by atoms with E-state index in [1.165, 1.54) is 0 Å². The van der Waals surface area contributed by atoms with Crippen LogP contribution in [0.5, 0.6) is 0 Å². The molecule has 6 nitrogen and oxygen atoms in total. The summed E-state index contributed by atoms with van der Waals surface area (Å²) in [7, 11) is 0. The molecular weight excluding hydrogens is 374 g/mol. The summed E-state index contributed by atoms with van der Waals surface area (Å²) in [6.45, 7) is 6.21. The fraction of sp³-hybridized carbons (Fsp3) is 0.476. The van der Waals surface area contributed by atoms with Gasteiger partial charge in [-0.1, -0.05) is 25.6 Å². The first-order valence-corrected chi connectivity index (χ1v) is 10.8. The molecule has 148 valence electrons. The zero-order valence-electron chi connectivity index (χ0n) is 16.4. The van der Waals surface area contributed by atoms with Crippen molar-refractivity contribution >= 4 is 23.4 Å². The van der Waals surface area contributed by atoms with Gasteiger partial charge in [-0.25, -0.2) is 4.98 Å². The summed E-state index contributed by atoms with van der Waals surface area (Å²) in [5.74, 6) is 2.99. The van der Waals surface area contributed by atoms with Crippen molar-refractivity contribution in [2.75, 3.05) is 11.1 Å². The lowest BCUT2D eigenvalue weighted by Crippen LogP contribution is -2.32. The molecule has 1 atom stereocenters. The summed E-state index contributed by atoms with van der Waals surface area (Å²) in [4.78, 5) is 33.4. The normalized spacial score (nSPS) is 18.9. The number of rotatable bonds is 5. The van der Waals surface area contributed by atoms with Gasteiger partial charge in [-0.15, -0.1) is 0 Å². The van der Waals surface area contributed by atoms with Crippen molar-refractivity contribution in [1.82, 2.24) is 9.97 Å². The lowest BCUT2D eigenvalue weighted by Gasteiger charge is -2.31. The standard InChI is InChI=1S/C21H25N3O3S/c1-11(2)9-10-28-21-23-19-18(20(26)24-21)17(15-8-7-12(3)27-15)16-13(22-19)5-4-6-14(16)25/h7-8,11,17H,4-6,9-10H2,1-3H3,(H2,22,23,24,26)/t17-/m0/s1. The largest absolute Gasteiger partial charge is 0.465 e. The predicted octanol–water partition coefficient (Wildman–Crippen LogP) is 4.37. The van der Waals surface area contributed by atoms with Gasteiger partial charge in [0.2, 0.25) is 0 Å². The average molecular weight is 400 g/mol. The van der Waals surface area contributed by atoms with E-state index in [1.54, 1.807) is 11.8 Å². The number of thioether (sulfide) groups is 1. The number of H-pyrrole nitrogens is 1. The van der Waals surface area contributed by atoms with Gasteiger partial charge in [-0.3, -0.25) is 9.59 Å². The van der Waals surface area contributed by atoms with Crippen molar-refractivity contribution in [3.63, 3.8) is 0 Å². The number of aromatic nitrogens is 2. The number of nitrogens with one attached hydrogen (secondary N) is 2. The zero-order chi connectivity index (χ0) is 19.8. The van der Waals surface area contributed by atoms with E-state index in [0.29, 0.717) is 40.2 Å². The number of furan rings is 1. The number of hydrogen-bond donors (Lipinski definition) is 2. The minimum Gasteiger partial charge on any atom is -0.465 e. The van der Waals surface area contributed by atoms with Gasteiger partial charge < -0.3 is 14.7 Å². The van der Waals surface area contributed by atoms with E-state index in [1.807, 2.05) is 19.1 Å². The molecule has 0 fully saturated rings. The average Bonchev–Trinajstić information content (AvgIpc) is 3.06. The zero-order valence-corrected chi connectivity index (χ0v) is 17.2. The molecule has 2 aliphatic rings. The molecule has 0 amide bonds. The van der Waals surface area contributed by atoms with Crippen molar-refractivity contribution in [1.29, 1.82) is 0 Å². The first kappa shape index (κ1) is 19.1. The van der Waals surface area contributed by atoms with Crippen LogP contribution in [0.1, 0.15) is 62.5 Å². The van der Waals surface area contributed by atoms with E-state index >= 15 is 0 Å². The lowest BCUT2D eigenvalue weighted by molar-refractivity contribution is -0.116. The van der Waals surface area contributed by atoms with E-state index in [-0.39, 0.29) is 11.3 Å². The monoisotopic (exact) mass is 399 g/mol. The van der Waals surface area contributed by atoms with Crippen LogP contribution in [0.25, 0.3) is 0 Å². The van der Waals surface area contributed by atoms with Gasteiger partial charge in [0.1, 0.15) is 17.3 Å². The van der Waals surface area contributed by atoms with Gasteiger partial charge >= 0.3 is 0 Å². The van der Waals surface area contributed by atoms with Gasteiger partial charge in [0.15, 0.2) is 10.9 Å². The Kier molecular flexibility index (Phi) is 5.19. The highest BCUT2D eigenvalue weighted by molar-refractivity contribution is 7.99. The Bertz CT molecular complexity index is 1000. The van der Waals surface area contributed by atoms with Crippen molar-refractivity contribution in [3.8, 4) is 0 Å². The topological polar surface area (TPSA) is 88.0 Å². The van der Waals surface area contributed by atoms with Crippen molar-refractivity contribution in [2.45, 2.75) is 57.5 Å². The molecule has 1 aliphatic heterocycles. The highest BCUT2D eigenvalue weighted by Gasteiger charge is 2.39. The van der Waals surface area contributed by atoms with Crippen LogP contribution in [0.4, 0.5) is 5.82 Å². The number of nitrogens with zero attached hydrogens (tertiary/aromatic N) is 1. The molecule has 0 bridgehead atoms. The Balaban J connectivity index is 1.78. The molecule has 2 aromatic rings. The summed E-state index contributed by atoms with van der Waals surface area (Å²) < 4.78 is 5.85. The van der Waals surface area contributed by atoms with Crippen LogP contribution in [0.2, 0.25) is 0 Å². The van der Waals surface area contributed by atoms with Crippen LogP contribution in [0.3, 0.4) is 0 Å². The molecule has 1 aliphatic carbocycles. The van der Waals surface area contributed by atoms with Crippen LogP contribution in [-0.4, -0.2) is 21.5 Å². The third kappa shape index (κ3) is 3.55. The van der Waals surface area contributed by atoms with Crippen LogP contribution in [-0.2, 0) is 4.79 Å². The number of carbonyl (C=O) groups excluding carboxylic acids is 1. The van der Waals surface area contributed by atoms with Crippen molar-refractivity contribution < 1.29 is 9.21 Å². The molecular formula is C21H25N3O3S. The molecule has 28 heavy (non-hydrogen) atoms. The molecule has 0 radical (unpaired) electrons. The minimum atomic E-state index is -0.501. The maximum atomic E-state index is 13.0. The fourth-order valence-electron chi connectivity index (χ4n) is 3.79.